The Hall–Kier alpha value is -3.60. The van der Waals surface area contributed by atoms with E-state index in [0.717, 1.165) is 0 Å². The van der Waals surface area contributed by atoms with Crippen LogP contribution in [0.3, 0.4) is 0 Å². The van der Waals surface area contributed by atoms with Gasteiger partial charge in [-0.2, -0.15) is 0 Å². The maximum Gasteiger partial charge on any atom is 0.155 e. The van der Waals surface area contributed by atoms with Crippen LogP contribution in [0.5, 0.6) is 11.5 Å². The summed E-state index contributed by atoms with van der Waals surface area (Å²) < 4.78 is 11.3. The summed E-state index contributed by atoms with van der Waals surface area (Å²) in [7, 11) is 3.10. The second-order valence-electron chi connectivity index (χ2n) is 7.55. The van der Waals surface area contributed by atoms with Crippen LogP contribution in [-0.2, 0) is 11.2 Å². The largest absolute Gasteiger partial charge is 0.496 e. The third-order valence-electron chi connectivity index (χ3n) is 5.90. The first kappa shape index (κ1) is 21.6. The van der Waals surface area contributed by atoms with Crippen LogP contribution in [0.15, 0.2) is 109 Å². The van der Waals surface area contributed by atoms with Gasteiger partial charge in [0.25, 0.3) is 0 Å². The van der Waals surface area contributed by atoms with Crippen LogP contribution >= 0.6 is 0 Å². The molecule has 0 saturated heterocycles. The van der Waals surface area contributed by atoms with E-state index in [-0.39, 0.29) is 0 Å². The number of benzene rings is 4. The topological polar surface area (TPSA) is 58.9 Å². The minimum absolute atomic E-state index is 0.436. The van der Waals surface area contributed by atoms with E-state index >= 15 is 0 Å². The molecule has 32 heavy (non-hydrogen) atoms. The number of para-hydroxylation sites is 2. The van der Waals surface area contributed by atoms with Gasteiger partial charge in [0.05, 0.1) is 14.2 Å². The molecule has 0 aliphatic rings. The molecule has 0 aromatic heterocycles. The lowest BCUT2D eigenvalue weighted by molar-refractivity contribution is -0.114. The molecule has 2 atom stereocenters. The molecule has 0 aliphatic carbocycles. The summed E-state index contributed by atoms with van der Waals surface area (Å²) in [6, 6.07) is 32.7. The SMILES string of the molecule is COc1ccccc1[C@](O)(c1ccccc1)[C@@](O)(c1ccccc1)c1ccccc1OC. The summed E-state index contributed by atoms with van der Waals surface area (Å²) in [5, 5.41) is 25.5. The average Bonchev–Trinajstić information content (AvgIpc) is 2.88. The van der Waals surface area contributed by atoms with Crippen LogP contribution in [0.25, 0.3) is 0 Å². The number of hydrogen-bond donors (Lipinski definition) is 2. The zero-order valence-electron chi connectivity index (χ0n) is 18.1. The van der Waals surface area contributed by atoms with Crippen molar-refractivity contribution in [2.45, 2.75) is 11.2 Å². The van der Waals surface area contributed by atoms with E-state index in [2.05, 4.69) is 0 Å². The maximum absolute atomic E-state index is 12.7. The molecule has 162 valence electrons. The Bertz CT molecular complexity index is 1080. The van der Waals surface area contributed by atoms with Gasteiger partial charge in [0.15, 0.2) is 11.2 Å². The van der Waals surface area contributed by atoms with Gasteiger partial charge >= 0.3 is 0 Å². The molecule has 0 aliphatic heterocycles. The van der Waals surface area contributed by atoms with Crippen molar-refractivity contribution in [1.29, 1.82) is 0 Å². The maximum atomic E-state index is 12.7. The number of ether oxygens (including phenoxy) is 2. The molecule has 4 aromatic rings. The molecule has 0 bridgehead atoms. The molecule has 0 saturated carbocycles. The van der Waals surface area contributed by atoms with Crippen molar-refractivity contribution in [3.63, 3.8) is 0 Å². The molecule has 0 heterocycles. The fourth-order valence-electron chi connectivity index (χ4n) is 4.36. The number of aliphatic hydroxyl groups is 2. The van der Waals surface area contributed by atoms with Crippen LogP contribution < -0.4 is 9.47 Å². The van der Waals surface area contributed by atoms with E-state index in [1.165, 1.54) is 0 Å². The predicted octanol–water partition coefficient (Wildman–Crippen LogP) is 4.88. The quantitative estimate of drug-likeness (QED) is 0.442. The van der Waals surface area contributed by atoms with Crippen LogP contribution in [0, 0.1) is 0 Å². The molecular weight excluding hydrogens is 400 g/mol. The first-order chi connectivity index (χ1) is 15.6. The molecular formula is C28H26O4. The minimum Gasteiger partial charge on any atom is -0.496 e. The van der Waals surface area contributed by atoms with Gasteiger partial charge in [0.2, 0.25) is 0 Å². The summed E-state index contributed by atoms with van der Waals surface area (Å²) in [6.07, 6.45) is 0. The normalized spacial score (nSPS) is 14.8. The minimum atomic E-state index is -1.92. The summed E-state index contributed by atoms with van der Waals surface area (Å²) in [6.45, 7) is 0. The molecule has 0 unspecified atom stereocenters. The third kappa shape index (κ3) is 3.34. The lowest BCUT2D eigenvalue weighted by Gasteiger charge is -2.45. The molecule has 0 radical (unpaired) electrons. The van der Waals surface area contributed by atoms with Crippen molar-refractivity contribution in [3.05, 3.63) is 131 Å². The fourth-order valence-corrected chi connectivity index (χ4v) is 4.36. The Morgan fingerprint density at radius 1 is 0.469 bits per heavy atom. The summed E-state index contributed by atoms with van der Waals surface area (Å²) in [5.41, 5.74) is -1.94. The van der Waals surface area contributed by atoms with Crippen molar-refractivity contribution in [3.8, 4) is 11.5 Å². The zero-order chi connectivity index (χ0) is 22.6. The Kier molecular flexibility index (Phi) is 5.99. The molecule has 4 aromatic carbocycles. The average molecular weight is 427 g/mol. The van der Waals surface area contributed by atoms with E-state index in [9.17, 15) is 10.2 Å². The monoisotopic (exact) mass is 426 g/mol. The van der Waals surface area contributed by atoms with Gasteiger partial charge in [0.1, 0.15) is 11.5 Å². The summed E-state index contributed by atoms with van der Waals surface area (Å²) in [5.74, 6) is 0.922. The highest BCUT2D eigenvalue weighted by Crippen LogP contribution is 2.53. The lowest BCUT2D eigenvalue weighted by Crippen LogP contribution is -2.51. The highest BCUT2D eigenvalue weighted by Gasteiger charge is 2.56. The number of hydrogen-bond acceptors (Lipinski definition) is 4. The van der Waals surface area contributed by atoms with Crippen LogP contribution in [0.4, 0.5) is 0 Å². The molecule has 4 heteroatoms. The second kappa shape index (κ2) is 8.87. The molecule has 0 amide bonds. The number of rotatable bonds is 7. The van der Waals surface area contributed by atoms with Crippen molar-refractivity contribution in [1.82, 2.24) is 0 Å². The Labute approximate surface area is 188 Å². The van der Waals surface area contributed by atoms with Crippen LogP contribution in [0.2, 0.25) is 0 Å². The van der Waals surface area contributed by atoms with Crippen LogP contribution in [0.1, 0.15) is 22.3 Å². The van der Waals surface area contributed by atoms with Crippen molar-refractivity contribution >= 4 is 0 Å². The van der Waals surface area contributed by atoms with Gasteiger partial charge in [-0.1, -0.05) is 97.1 Å². The molecule has 2 N–H and O–H groups in total. The highest BCUT2D eigenvalue weighted by molar-refractivity contribution is 5.56. The van der Waals surface area contributed by atoms with Gasteiger partial charge in [-0.15, -0.1) is 0 Å². The van der Waals surface area contributed by atoms with E-state index in [1.54, 1.807) is 62.8 Å². The van der Waals surface area contributed by atoms with Crippen molar-refractivity contribution in [2.75, 3.05) is 14.2 Å². The van der Waals surface area contributed by atoms with Gasteiger partial charge in [-0.25, -0.2) is 0 Å². The van der Waals surface area contributed by atoms with E-state index < -0.39 is 11.2 Å². The molecule has 4 nitrogen and oxygen atoms in total. The smallest absolute Gasteiger partial charge is 0.155 e. The fraction of sp³-hybridized carbons (Fsp3) is 0.143. The van der Waals surface area contributed by atoms with Crippen molar-refractivity contribution in [2.24, 2.45) is 0 Å². The summed E-state index contributed by atoms with van der Waals surface area (Å²) in [4.78, 5) is 0. The predicted molar refractivity (Wildman–Crippen MR) is 125 cm³/mol. The Morgan fingerprint density at radius 3 is 1.12 bits per heavy atom. The molecule has 0 fully saturated rings. The van der Waals surface area contributed by atoms with Gasteiger partial charge in [0, 0.05) is 11.1 Å². The van der Waals surface area contributed by atoms with Gasteiger partial charge in [-0.05, 0) is 23.3 Å². The van der Waals surface area contributed by atoms with E-state index in [1.807, 2.05) is 60.7 Å². The zero-order valence-corrected chi connectivity index (χ0v) is 18.1. The lowest BCUT2D eigenvalue weighted by atomic mass is 9.66. The van der Waals surface area contributed by atoms with Gasteiger partial charge in [-0.3, -0.25) is 0 Å². The second-order valence-corrected chi connectivity index (χ2v) is 7.55. The molecule has 0 spiro atoms. The summed E-state index contributed by atoms with van der Waals surface area (Å²) >= 11 is 0. The Balaban J connectivity index is 2.17. The van der Waals surface area contributed by atoms with Gasteiger partial charge < -0.3 is 19.7 Å². The first-order valence-corrected chi connectivity index (χ1v) is 10.4. The van der Waals surface area contributed by atoms with Crippen molar-refractivity contribution < 1.29 is 19.7 Å². The molecule has 4 rings (SSSR count). The Morgan fingerprint density at radius 2 is 0.781 bits per heavy atom. The van der Waals surface area contributed by atoms with Crippen LogP contribution in [-0.4, -0.2) is 24.4 Å². The van der Waals surface area contributed by atoms with E-state index in [4.69, 9.17) is 9.47 Å². The standard InChI is InChI=1S/C28H26O4/c1-31-25-19-11-9-17-23(25)27(29,21-13-5-3-6-14-21)28(30,22-15-7-4-8-16-22)24-18-10-12-20-26(24)32-2/h3-20,29-30H,1-2H3/t27-,28-/m1/s1. The third-order valence-corrected chi connectivity index (χ3v) is 5.90. The highest BCUT2D eigenvalue weighted by atomic mass is 16.5. The number of methoxy groups -OCH3 is 2. The first-order valence-electron chi connectivity index (χ1n) is 10.4. The van der Waals surface area contributed by atoms with E-state index in [0.29, 0.717) is 33.8 Å².